The maximum absolute atomic E-state index is 10.4. The highest BCUT2D eigenvalue weighted by atomic mass is 16.7. The molecule has 1 unspecified atom stereocenters. The number of aromatic nitrogens is 2. The van der Waals surface area contributed by atoms with Gasteiger partial charge in [0.05, 0.1) is 13.2 Å². The van der Waals surface area contributed by atoms with Gasteiger partial charge in [0.2, 0.25) is 12.2 Å². The van der Waals surface area contributed by atoms with Crippen LogP contribution in [0, 0.1) is 0 Å². The lowest BCUT2D eigenvalue weighted by molar-refractivity contribution is -0.278. The molecule has 37 heavy (non-hydrogen) atoms. The predicted molar refractivity (Wildman–Crippen MR) is 133 cm³/mol. The SMILES string of the molecule is CC(C)c1[nH]nc(OC2O[C@H](CO)[C@@H](O)[C@H](O)[C@H]2O)c1Cc1ccccc1OCc1cccc(CO)c1. The van der Waals surface area contributed by atoms with Crippen LogP contribution in [0.4, 0.5) is 0 Å². The van der Waals surface area contributed by atoms with Gasteiger partial charge in [0.1, 0.15) is 36.8 Å². The number of benzene rings is 2. The molecule has 2 aromatic carbocycles. The van der Waals surface area contributed by atoms with E-state index in [1.165, 1.54) is 0 Å². The van der Waals surface area contributed by atoms with Crippen LogP contribution in [0.15, 0.2) is 48.5 Å². The average Bonchev–Trinajstić information content (AvgIpc) is 3.30. The lowest BCUT2D eigenvalue weighted by Crippen LogP contribution is -2.60. The van der Waals surface area contributed by atoms with Gasteiger partial charge >= 0.3 is 0 Å². The van der Waals surface area contributed by atoms with Gasteiger partial charge in [0.25, 0.3) is 0 Å². The summed E-state index contributed by atoms with van der Waals surface area (Å²) in [6.07, 6.45) is -6.62. The van der Waals surface area contributed by atoms with Gasteiger partial charge in [-0.2, -0.15) is 0 Å². The van der Waals surface area contributed by atoms with Crippen LogP contribution in [0.5, 0.6) is 11.6 Å². The molecule has 0 amide bonds. The Labute approximate surface area is 215 Å². The normalized spacial score (nSPS) is 23.8. The minimum Gasteiger partial charge on any atom is -0.489 e. The summed E-state index contributed by atoms with van der Waals surface area (Å²) in [6, 6.07) is 15.1. The molecule has 1 aliphatic heterocycles. The van der Waals surface area contributed by atoms with Crippen LogP contribution in [-0.2, 0) is 24.4 Å². The molecule has 0 saturated carbocycles. The van der Waals surface area contributed by atoms with Crippen molar-refractivity contribution in [3.05, 3.63) is 76.5 Å². The van der Waals surface area contributed by atoms with E-state index in [0.29, 0.717) is 18.8 Å². The molecular weight excluding hydrogens is 480 g/mol. The van der Waals surface area contributed by atoms with Gasteiger partial charge in [0, 0.05) is 17.7 Å². The lowest BCUT2D eigenvalue weighted by Gasteiger charge is -2.39. The number of rotatable bonds is 10. The molecule has 4 rings (SSSR count). The van der Waals surface area contributed by atoms with E-state index in [-0.39, 0.29) is 18.4 Å². The fraction of sp³-hybridized carbons (Fsp3) is 0.444. The Bertz CT molecular complexity index is 1160. The number of ether oxygens (including phenoxy) is 3. The van der Waals surface area contributed by atoms with Crippen molar-refractivity contribution >= 4 is 0 Å². The number of nitrogens with zero attached hydrogens (tertiary/aromatic N) is 1. The Morgan fingerprint density at radius 3 is 2.46 bits per heavy atom. The first-order chi connectivity index (χ1) is 17.8. The highest BCUT2D eigenvalue weighted by molar-refractivity contribution is 5.43. The molecule has 5 atom stereocenters. The molecule has 6 N–H and O–H groups in total. The molecule has 10 nitrogen and oxygen atoms in total. The highest BCUT2D eigenvalue weighted by Crippen LogP contribution is 2.33. The van der Waals surface area contributed by atoms with Crippen LogP contribution in [-0.4, -0.2) is 73.0 Å². The largest absolute Gasteiger partial charge is 0.489 e. The third-order valence-corrected chi connectivity index (χ3v) is 6.42. The van der Waals surface area contributed by atoms with E-state index >= 15 is 0 Å². The van der Waals surface area contributed by atoms with E-state index < -0.39 is 37.3 Å². The minimum atomic E-state index is -1.55. The van der Waals surface area contributed by atoms with E-state index in [4.69, 9.17) is 14.2 Å². The molecule has 0 aliphatic carbocycles. The monoisotopic (exact) mass is 514 g/mol. The summed E-state index contributed by atoms with van der Waals surface area (Å²) in [7, 11) is 0. The van der Waals surface area contributed by atoms with Crippen molar-refractivity contribution in [2.24, 2.45) is 0 Å². The van der Waals surface area contributed by atoms with Crippen LogP contribution in [0.2, 0.25) is 0 Å². The third kappa shape index (κ3) is 6.12. The zero-order valence-corrected chi connectivity index (χ0v) is 20.8. The van der Waals surface area contributed by atoms with Gasteiger partial charge in [-0.3, -0.25) is 5.10 Å². The molecule has 1 fully saturated rings. The van der Waals surface area contributed by atoms with Crippen molar-refractivity contribution in [1.29, 1.82) is 0 Å². The summed E-state index contributed by atoms with van der Waals surface area (Å²) in [4.78, 5) is 0. The van der Waals surface area contributed by atoms with Gasteiger partial charge in [0.15, 0.2) is 0 Å². The zero-order valence-electron chi connectivity index (χ0n) is 20.8. The van der Waals surface area contributed by atoms with Crippen molar-refractivity contribution in [3.63, 3.8) is 0 Å². The van der Waals surface area contributed by atoms with Crippen molar-refractivity contribution in [3.8, 4) is 11.6 Å². The van der Waals surface area contributed by atoms with Crippen molar-refractivity contribution in [2.45, 2.75) is 70.1 Å². The van der Waals surface area contributed by atoms with Crippen LogP contribution in [0.25, 0.3) is 0 Å². The summed E-state index contributed by atoms with van der Waals surface area (Å²) in [6.45, 7) is 3.74. The molecule has 0 spiro atoms. The molecule has 10 heteroatoms. The number of aliphatic hydroxyl groups is 5. The fourth-order valence-corrected chi connectivity index (χ4v) is 4.34. The number of H-pyrrole nitrogens is 1. The van der Waals surface area contributed by atoms with Crippen molar-refractivity contribution < 1.29 is 39.7 Å². The quantitative estimate of drug-likeness (QED) is 0.235. The molecule has 200 valence electrons. The Morgan fingerprint density at radius 1 is 0.973 bits per heavy atom. The standard InChI is InChI=1S/C27H34N2O8/c1-15(2)22-19(26(29-28-22)37-27-25(34)24(33)23(32)21(13-31)36-27)11-18-8-3-4-9-20(18)35-14-17-7-5-6-16(10-17)12-30/h3-10,15,21,23-25,27,30-34H,11-14H2,1-2H3,(H,28,29)/t21-,23-,24+,25-,27?/m1/s1. The molecule has 2 heterocycles. The lowest BCUT2D eigenvalue weighted by atomic mass is 9.98. The van der Waals surface area contributed by atoms with Crippen LogP contribution < -0.4 is 9.47 Å². The first-order valence-electron chi connectivity index (χ1n) is 12.3. The Balaban J connectivity index is 1.57. The molecule has 3 aromatic rings. The molecule has 0 bridgehead atoms. The van der Waals surface area contributed by atoms with Gasteiger partial charge in [-0.1, -0.05) is 56.3 Å². The number of aromatic amines is 1. The molecule has 1 saturated heterocycles. The fourth-order valence-electron chi connectivity index (χ4n) is 4.34. The summed E-state index contributed by atoms with van der Waals surface area (Å²) in [5.41, 5.74) is 4.17. The number of nitrogens with one attached hydrogen (secondary N) is 1. The van der Waals surface area contributed by atoms with E-state index in [9.17, 15) is 25.5 Å². The number of aliphatic hydroxyl groups excluding tert-OH is 5. The Kier molecular flexibility index (Phi) is 8.80. The summed E-state index contributed by atoms with van der Waals surface area (Å²) in [5, 5.41) is 56.8. The minimum absolute atomic E-state index is 0.0415. The molecular formula is C27H34N2O8. The van der Waals surface area contributed by atoms with Crippen LogP contribution >= 0.6 is 0 Å². The third-order valence-electron chi connectivity index (χ3n) is 6.42. The van der Waals surface area contributed by atoms with Gasteiger partial charge < -0.3 is 39.7 Å². The van der Waals surface area contributed by atoms with Crippen LogP contribution in [0.1, 0.15) is 47.7 Å². The molecule has 0 radical (unpaired) electrons. The van der Waals surface area contributed by atoms with E-state index in [1.54, 1.807) is 0 Å². The summed E-state index contributed by atoms with van der Waals surface area (Å²) >= 11 is 0. The second-order valence-corrected chi connectivity index (χ2v) is 9.44. The Morgan fingerprint density at radius 2 is 1.73 bits per heavy atom. The molecule has 1 aliphatic rings. The second kappa shape index (κ2) is 12.0. The van der Waals surface area contributed by atoms with Crippen molar-refractivity contribution in [2.75, 3.05) is 6.61 Å². The second-order valence-electron chi connectivity index (χ2n) is 9.44. The predicted octanol–water partition coefficient (Wildman–Crippen LogP) is 1.37. The maximum atomic E-state index is 10.4. The summed E-state index contributed by atoms with van der Waals surface area (Å²) in [5.74, 6) is 0.925. The smallest absolute Gasteiger partial charge is 0.238 e. The van der Waals surface area contributed by atoms with Gasteiger partial charge in [-0.25, -0.2) is 0 Å². The number of para-hydroxylation sites is 1. The molecule has 1 aromatic heterocycles. The maximum Gasteiger partial charge on any atom is 0.238 e. The van der Waals surface area contributed by atoms with Gasteiger partial charge in [-0.15, -0.1) is 5.10 Å². The zero-order chi connectivity index (χ0) is 26.5. The first-order valence-corrected chi connectivity index (χ1v) is 12.3. The number of hydrogen-bond donors (Lipinski definition) is 6. The van der Waals surface area contributed by atoms with E-state index in [1.807, 2.05) is 62.4 Å². The van der Waals surface area contributed by atoms with Crippen molar-refractivity contribution in [1.82, 2.24) is 10.2 Å². The van der Waals surface area contributed by atoms with E-state index in [2.05, 4.69) is 10.2 Å². The summed E-state index contributed by atoms with van der Waals surface area (Å²) < 4.78 is 17.5. The topological polar surface area (TPSA) is 158 Å². The Hall–Kier alpha value is -2.99. The van der Waals surface area contributed by atoms with E-state index in [0.717, 1.165) is 27.9 Å². The highest BCUT2D eigenvalue weighted by Gasteiger charge is 2.45. The average molecular weight is 515 g/mol. The van der Waals surface area contributed by atoms with Gasteiger partial charge in [-0.05, 0) is 28.7 Å². The first kappa shape index (κ1) is 27.1. The number of hydrogen-bond acceptors (Lipinski definition) is 9. The van der Waals surface area contributed by atoms with Crippen LogP contribution in [0.3, 0.4) is 0 Å².